The molecule has 0 bridgehead atoms. The zero-order chi connectivity index (χ0) is 14.4. The highest BCUT2D eigenvalue weighted by molar-refractivity contribution is 9.10. The summed E-state index contributed by atoms with van der Waals surface area (Å²) in [4.78, 5) is 13.5. The molecular formula is C14H21BrN2O2. The molecule has 0 atom stereocenters. The van der Waals surface area contributed by atoms with E-state index >= 15 is 0 Å². The van der Waals surface area contributed by atoms with E-state index in [2.05, 4.69) is 21.2 Å². The number of nitrogens with zero attached hydrogens (tertiary/aromatic N) is 1. The van der Waals surface area contributed by atoms with Crippen molar-refractivity contribution in [1.29, 1.82) is 0 Å². The van der Waals surface area contributed by atoms with Crippen molar-refractivity contribution in [3.63, 3.8) is 0 Å². The number of benzene rings is 1. The summed E-state index contributed by atoms with van der Waals surface area (Å²) >= 11 is 3.46. The van der Waals surface area contributed by atoms with Crippen LogP contribution in [-0.2, 0) is 11.3 Å². The van der Waals surface area contributed by atoms with Crippen molar-refractivity contribution < 1.29 is 9.53 Å². The molecule has 0 saturated heterocycles. The van der Waals surface area contributed by atoms with Gasteiger partial charge >= 0.3 is 0 Å². The van der Waals surface area contributed by atoms with Gasteiger partial charge in [-0.25, -0.2) is 0 Å². The molecule has 1 aromatic carbocycles. The Balaban J connectivity index is 2.61. The van der Waals surface area contributed by atoms with Crippen molar-refractivity contribution in [2.75, 3.05) is 20.7 Å². The number of likely N-dealkylation sites (N-methyl/N-ethyl adjacent to an activating group) is 1. The number of carbonyl (C=O) groups excluding carboxylic acids is 1. The van der Waals surface area contributed by atoms with Crippen LogP contribution in [0, 0.1) is 0 Å². The van der Waals surface area contributed by atoms with E-state index in [1.54, 1.807) is 11.9 Å². The van der Waals surface area contributed by atoms with E-state index in [0.717, 1.165) is 16.6 Å². The van der Waals surface area contributed by atoms with E-state index in [4.69, 9.17) is 4.74 Å². The minimum Gasteiger partial charge on any atom is -0.483 e. The Bertz CT molecular complexity index is 435. The Labute approximate surface area is 123 Å². The molecule has 0 aliphatic rings. The molecule has 0 spiro atoms. The number of ether oxygens (including phenoxy) is 1. The zero-order valence-corrected chi connectivity index (χ0v) is 13.5. The monoisotopic (exact) mass is 328 g/mol. The molecule has 1 N–H and O–H groups in total. The molecule has 19 heavy (non-hydrogen) atoms. The van der Waals surface area contributed by atoms with Gasteiger partial charge in [0.1, 0.15) is 5.75 Å². The van der Waals surface area contributed by atoms with Crippen molar-refractivity contribution in [3.05, 3.63) is 28.2 Å². The topological polar surface area (TPSA) is 41.6 Å². The van der Waals surface area contributed by atoms with E-state index in [1.165, 1.54) is 0 Å². The van der Waals surface area contributed by atoms with E-state index in [-0.39, 0.29) is 18.6 Å². The molecule has 0 saturated carbocycles. The first-order valence-corrected chi connectivity index (χ1v) is 7.06. The van der Waals surface area contributed by atoms with Gasteiger partial charge in [-0.1, -0.05) is 6.07 Å². The highest BCUT2D eigenvalue weighted by atomic mass is 79.9. The first kappa shape index (κ1) is 16.0. The Morgan fingerprint density at radius 2 is 2.16 bits per heavy atom. The van der Waals surface area contributed by atoms with Crippen molar-refractivity contribution >= 4 is 21.8 Å². The van der Waals surface area contributed by atoms with Gasteiger partial charge in [0, 0.05) is 19.6 Å². The Morgan fingerprint density at radius 3 is 2.68 bits per heavy atom. The molecule has 4 nitrogen and oxygen atoms in total. The van der Waals surface area contributed by atoms with E-state index in [9.17, 15) is 4.79 Å². The van der Waals surface area contributed by atoms with Gasteiger partial charge in [0.2, 0.25) is 0 Å². The minimum absolute atomic E-state index is 0.0267. The quantitative estimate of drug-likeness (QED) is 0.871. The first-order chi connectivity index (χ1) is 8.95. The van der Waals surface area contributed by atoms with Crippen molar-refractivity contribution in [1.82, 2.24) is 10.2 Å². The van der Waals surface area contributed by atoms with Gasteiger partial charge in [-0.2, -0.15) is 0 Å². The van der Waals surface area contributed by atoms with E-state index in [0.29, 0.717) is 5.75 Å². The third-order valence-corrected chi connectivity index (χ3v) is 3.52. The fourth-order valence-electron chi connectivity index (χ4n) is 1.50. The van der Waals surface area contributed by atoms with Crippen LogP contribution in [0.2, 0.25) is 0 Å². The fraction of sp³-hybridized carbons (Fsp3) is 0.500. The minimum atomic E-state index is -0.0267. The zero-order valence-electron chi connectivity index (χ0n) is 11.9. The number of hydrogen-bond acceptors (Lipinski definition) is 3. The lowest BCUT2D eigenvalue weighted by Gasteiger charge is -2.21. The summed E-state index contributed by atoms with van der Waals surface area (Å²) < 4.78 is 6.41. The van der Waals surface area contributed by atoms with Gasteiger partial charge < -0.3 is 15.0 Å². The second kappa shape index (κ2) is 7.50. The van der Waals surface area contributed by atoms with Crippen LogP contribution < -0.4 is 10.1 Å². The van der Waals surface area contributed by atoms with Crippen LogP contribution >= 0.6 is 15.9 Å². The van der Waals surface area contributed by atoms with Crippen LogP contribution in [-0.4, -0.2) is 37.6 Å². The largest absolute Gasteiger partial charge is 0.483 e. The molecule has 0 aromatic heterocycles. The number of halogens is 1. The van der Waals surface area contributed by atoms with Crippen LogP contribution in [0.5, 0.6) is 5.75 Å². The summed E-state index contributed by atoms with van der Waals surface area (Å²) in [6.07, 6.45) is 0. The van der Waals surface area contributed by atoms with Gasteiger partial charge in [0.25, 0.3) is 5.91 Å². The third-order valence-electron chi connectivity index (χ3n) is 2.90. The lowest BCUT2D eigenvalue weighted by atomic mass is 10.2. The van der Waals surface area contributed by atoms with E-state index in [1.807, 2.05) is 39.1 Å². The van der Waals surface area contributed by atoms with Gasteiger partial charge in [-0.05, 0) is 54.5 Å². The van der Waals surface area contributed by atoms with Crippen LogP contribution in [0.1, 0.15) is 19.4 Å². The SMILES string of the molecule is CNCc1ccc(OCC(=O)N(C)C(C)C)c(Br)c1. The van der Waals surface area contributed by atoms with Gasteiger partial charge in [-0.15, -0.1) is 0 Å². The summed E-state index contributed by atoms with van der Waals surface area (Å²) in [6.45, 7) is 4.80. The predicted octanol–water partition coefficient (Wildman–Crippen LogP) is 2.41. The maximum absolute atomic E-state index is 11.8. The van der Waals surface area contributed by atoms with Crippen LogP contribution in [0.15, 0.2) is 22.7 Å². The van der Waals surface area contributed by atoms with Crippen LogP contribution in [0.25, 0.3) is 0 Å². The Hall–Kier alpha value is -1.07. The average Bonchev–Trinajstić information content (AvgIpc) is 2.36. The maximum Gasteiger partial charge on any atom is 0.260 e. The van der Waals surface area contributed by atoms with Crippen LogP contribution in [0.4, 0.5) is 0 Å². The smallest absolute Gasteiger partial charge is 0.260 e. The standard InChI is InChI=1S/C14H21BrN2O2/c1-10(2)17(4)14(18)9-19-13-6-5-11(8-16-3)7-12(13)15/h5-7,10,16H,8-9H2,1-4H3. The third kappa shape index (κ3) is 4.84. The molecule has 0 aliphatic heterocycles. The van der Waals surface area contributed by atoms with Gasteiger partial charge in [0.05, 0.1) is 4.47 Å². The fourth-order valence-corrected chi connectivity index (χ4v) is 2.05. The van der Waals surface area contributed by atoms with Crippen LogP contribution in [0.3, 0.4) is 0 Å². The summed E-state index contributed by atoms with van der Waals surface area (Å²) in [5.41, 5.74) is 1.16. The second-order valence-corrected chi connectivity index (χ2v) is 5.54. The van der Waals surface area contributed by atoms with Gasteiger partial charge in [-0.3, -0.25) is 4.79 Å². The predicted molar refractivity (Wildman–Crippen MR) is 80.3 cm³/mol. The lowest BCUT2D eigenvalue weighted by molar-refractivity contribution is -0.133. The van der Waals surface area contributed by atoms with Crippen molar-refractivity contribution in [3.8, 4) is 5.75 Å². The summed E-state index contributed by atoms with van der Waals surface area (Å²) in [5, 5.41) is 3.09. The lowest BCUT2D eigenvalue weighted by Crippen LogP contribution is -2.36. The molecule has 1 aromatic rings. The number of amides is 1. The average molecular weight is 329 g/mol. The van der Waals surface area contributed by atoms with E-state index < -0.39 is 0 Å². The number of carbonyl (C=O) groups is 1. The summed E-state index contributed by atoms with van der Waals surface area (Å²) in [5.74, 6) is 0.659. The number of hydrogen-bond donors (Lipinski definition) is 1. The molecule has 0 aliphatic carbocycles. The maximum atomic E-state index is 11.8. The molecule has 0 fully saturated rings. The molecule has 1 amide bonds. The van der Waals surface area contributed by atoms with Gasteiger partial charge in [0.15, 0.2) is 6.61 Å². The molecule has 1 rings (SSSR count). The molecule has 0 unspecified atom stereocenters. The normalized spacial score (nSPS) is 10.6. The molecule has 0 heterocycles. The summed E-state index contributed by atoms with van der Waals surface area (Å²) in [6, 6.07) is 6.02. The van der Waals surface area contributed by atoms with Crippen molar-refractivity contribution in [2.24, 2.45) is 0 Å². The number of rotatable bonds is 6. The second-order valence-electron chi connectivity index (χ2n) is 4.68. The molecule has 0 radical (unpaired) electrons. The number of nitrogens with one attached hydrogen (secondary N) is 1. The highest BCUT2D eigenvalue weighted by Gasteiger charge is 2.13. The summed E-state index contributed by atoms with van der Waals surface area (Å²) in [7, 11) is 3.68. The molecular weight excluding hydrogens is 308 g/mol. The Morgan fingerprint density at radius 1 is 1.47 bits per heavy atom. The van der Waals surface area contributed by atoms with Crippen molar-refractivity contribution in [2.45, 2.75) is 26.4 Å². The first-order valence-electron chi connectivity index (χ1n) is 6.27. The highest BCUT2D eigenvalue weighted by Crippen LogP contribution is 2.26. The molecule has 106 valence electrons. The Kier molecular flexibility index (Phi) is 6.31. The molecule has 5 heteroatoms.